The summed E-state index contributed by atoms with van der Waals surface area (Å²) in [5, 5.41) is 15.8. The average Bonchev–Trinajstić information content (AvgIpc) is 2.22. The molecule has 2 aliphatic carbocycles. The summed E-state index contributed by atoms with van der Waals surface area (Å²) >= 11 is 0. The third-order valence-corrected chi connectivity index (χ3v) is 2.85. The van der Waals surface area contributed by atoms with Gasteiger partial charge >= 0.3 is 11.9 Å². The fraction of sp³-hybridized carbons (Fsp3) is 0.833. The summed E-state index contributed by atoms with van der Waals surface area (Å²) < 4.78 is 0. The van der Waals surface area contributed by atoms with Crippen molar-refractivity contribution in [2.24, 2.45) is 11.5 Å². The summed E-state index contributed by atoms with van der Waals surface area (Å²) in [7, 11) is 0. The number of aliphatic carboxylic acids is 2. The van der Waals surface area contributed by atoms with Gasteiger partial charge in [-0.05, 0) is 25.7 Å². The molecular weight excluding hydrogens is 268 g/mol. The van der Waals surface area contributed by atoms with Gasteiger partial charge in [-0.25, -0.2) is 0 Å². The third-order valence-electron chi connectivity index (χ3n) is 2.85. The fourth-order valence-electron chi connectivity index (χ4n) is 1.09. The van der Waals surface area contributed by atoms with E-state index >= 15 is 0 Å². The van der Waals surface area contributed by atoms with Crippen LogP contribution in [-0.2, 0) is 9.59 Å². The zero-order chi connectivity index (χ0) is 14.0. The molecule has 2 aliphatic rings. The van der Waals surface area contributed by atoms with E-state index in [1.54, 1.807) is 0 Å². The maximum absolute atomic E-state index is 9.64. The van der Waals surface area contributed by atoms with Crippen LogP contribution in [-0.4, -0.2) is 45.2 Å². The summed E-state index contributed by atoms with van der Waals surface area (Å²) in [5.41, 5.74) is 10.8. The minimum Gasteiger partial charge on any atom is -0.481 e. The lowest BCUT2D eigenvalue weighted by molar-refractivity contribution is -0.143. The number of carboxylic acid groups (broad SMARTS) is 2. The SMILES string of the molecule is NC1CCC1.NC1CCC1.O.O.O=C(O)CCC(=O)O. The number of carbonyl (C=O) groups is 2. The monoisotopic (exact) mass is 296 g/mol. The lowest BCUT2D eigenvalue weighted by atomic mass is 9.95. The van der Waals surface area contributed by atoms with Crippen molar-refractivity contribution >= 4 is 11.9 Å². The summed E-state index contributed by atoms with van der Waals surface area (Å²) in [4.78, 5) is 19.3. The van der Waals surface area contributed by atoms with Crippen LogP contribution in [0.25, 0.3) is 0 Å². The van der Waals surface area contributed by atoms with Crippen LogP contribution in [0.4, 0.5) is 0 Å². The molecule has 0 aromatic rings. The largest absolute Gasteiger partial charge is 0.481 e. The molecule has 0 amide bonds. The van der Waals surface area contributed by atoms with Crippen LogP contribution in [0.2, 0.25) is 0 Å². The Labute approximate surface area is 118 Å². The third kappa shape index (κ3) is 16.8. The standard InChI is InChI=1S/2C4H9N.C4H6O4.2H2O/c2*5-4-2-1-3-4;5-3(6)1-2-4(7)8;;/h2*4H,1-3,5H2;1-2H2,(H,5,6)(H,7,8);2*1H2. The van der Waals surface area contributed by atoms with Gasteiger partial charge in [-0.3, -0.25) is 9.59 Å². The molecule has 0 radical (unpaired) electrons. The van der Waals surface area contributed by atoms with Crippen LogP contribution in [0.3, 0.4) is 0 Å². The van der Waals surface area contributed by atoms with Gasteiger partial charge in [-0.1, -0.05) is 12.8 Å². The van der Waals surface area contributed by atoms with E-state index in [0.717, 1.165) is 0 Å². The second-order valence-electron chi connectivity index (χ2n) is 4.67. The second kappa shape index (κ2) is 14.2. The van der Waals surface area contributed by atoms with Gasteiger partial charge < -0.3 is 32.6 Å². The molecule has 10 N–H and O–H groups in total. The van der Waals surface area contributed by atoms with Crippen LogP contribution < -0.4 is 11.5 Å². The van der Waals surface area contributed by atoms with Gasteiger partial charge in [-0.2, -0.15) is 0 Å². The van der Waals surface area contributed by atoms with Crippen LogP contribution in [0.15, 0.2) is 0 Å². The Morgan fingerprint density at radius 3 is 1.05 bits per heavy atom. The van der Waals surface area contributed by atoms with E-state index in [2.05, 4.69) is 0 Å². The van der Waals surface area contributed by atoms with Crippen LogP contribution in [0.1, 0.15) is 51.4 Å². The van der Waals surface area contributed by atoms with Crippen molar-refractivity contribution in [3.63, 3.8) is 0 Å². The van der Waals surface area contributed by atoms with Crippen molar-refractivity contribution in [1.82, 2.24) is 0 Å². The molecule has 2 rings (SSSR count). The number of rotatable bonds is 3. The van der Waals surface area contributed by atoms with Gasteiger partial charge in [0.25, 0.3) is 0 Å². The molecule has 0 heterocycles. The first-order chi connectivity index (χ1) is 8.41. The minimum atomic E-state index is -1.08. The van der Waals surface area contributed by atoms with Gasteiger partial charge in [0.2, 0.25) is 0 Å². The maximum atomic E-state index is 9.64. The Balaban J connectivity index is -0.000000212. The Bertz CT molecular complexity index is 228. The molecule has 0 bridgehead atoms. The number of hydrogen-bond donors (Lipinski definition) is 4. The van der Waals surface area contributed by atoms with Gasteiger partial charge in [0.1, 0.15) is 0 Å². The van der Waals surface area contributed by atoms with Crippen molar-refractivity contribution in [2.75, 3.05) is 0 Å². The van der Waals surface area contributed by atoms with E-state index in [9.17, 15) is 9.59 Å². The molecule has 0 unspecified atom stereocenters. The van der Waals surface area contributed by atoms with Crippen molar-refractivity contribution < 1.29 is 30.8 Å². The molecule has 0 atom stereocenters. The lowest BCUT2D eigenvalue weighted by Gasteiger charge is -2.18. The Kier molecular flexibility index (Phi) is 16.9. The summed E-state index contributed by atoms with van der Waals surface area (Å²) in [6.45, 7) is 0. The molecule has 20 heavy (non-hydrogen) atoms. The normalized spacial score (nSPS) is 16.3. The van der Waals surface area contributed by atoms with Gasteiger partial charge in [-0.15, -0.1) is 0 Å². The van der Waals surface area contributed by atoms with Crippen LogP contribution >= 0.6 is 0 Å². The van der Waals surface area contributed by atoms with Gasteiger partial charge in [0.05, 0.1) is 12.8 Å². The Morgan fingerprint density at radius 1 is 0.800 bits per heavy atom. The first-order valence-electron chi connectivity index (χ1n) is 6.36. The Hall–Kier alpha value is -1.22. The number of carboxylic acids is 2. The molecule has 2 saturated carbocycles. The molecule has 8 nitrogen and oxygen atoms in total. The quantitative estimate of drug-likeness (QED) is 0.531. The van der Waals surface area contributed by atoms with Gasteiger partial charge in [0.15, 0.2) is 0 Å². The smallest absolute Gasteiger partial charge is 0.303 e. The topological polar surface area (TPSA) is 190 Å². The first-order valence-corrected chi connectivity index (χ1v) is 6.36. The highest BCUT2D eigenvalue weighted by Gasteiger charge is 2.10. The van der Waals surface area contributed by atoms with Crippen molar-refractivity contribution in [1.29, 1.82) is 0 Å². The molecule has 8 heteroatoms. The molecule has 122 valence electrons. The number of nitrogens with two attached hydrogens (primary N) is 2. The molecule has 0 aromatic carbocycles. The van der Waals surface area contributed by atoms with E-state index in [1.807, 2.05) is 0 Å². The van der Waals surface area contributed by atoms with Crippen LogP contribution in [0, 0.1) is 0 Å². The first kappa shape index (κ1) is 23.8. The van der Waals surface area contributed by atoms with E-state index in [1.165, 1.54) is 38.5 Å². The molecule has 0 aromatic heterocycles. The van der Waals surface area contributed by atoms with Crippen molar-refractivity contribution in [3.8, 4) is 0 Å². The summed E-state index contributed by atoms with van der Waals surface area (Å²) in [6.07, 6.45) is 7.19. The molecule has 0 saturated heterocycles. The van der Waals surface area contributed by atoms with E-state index in [0.29, 0.717) is 12.1 Å². The van der Waals surface area contributed by atoms with E-state index in [4.69, 9.17) is 21.7 Å². The van der Waals surface area contributed by atoms with E-state index < -0.39 is 11.9 Å². The second-order valence-corrected chi connectivity index (χ2v) is 4.67. The van der Waals surface area contributed by atoms with Gasteiger partial charge in [0, 0.05) is 12.1 Å². The summed E-state index contributed by atoms with van der Waals surface area (Å²) in [6, 6.07) is 1.13. The fourth-order valence-corrected chi connectivity index (χ4v) is 1.09. The average molecular weight is 296 g/mol. The minimum absolute atomic E-state index is 0. The summed E-state index contributed by atoms with van der Waals surface area (Å²) in [5.74, 6) is -2.15. The van der Waals surface area contributed by atoms with Crippen molar-refractivity contribution in [3.05, 3.63) is 0 Å². The molecule has 2 fully saturated rings. The molecule has 0 spiro atoms. The predicted octanol–water partition coefficient (Wildman–Crippen LogP) is -0.718. The maximum Gasteiger partial charge on any atom is 0.303 e. The zero-order valence-electron chi connectivity index (χ0n) is 11.7. The Morgan fingerprint density at radius 2 is 1.00 bits per heavy atom. The van der Waals surface area contributed by atoms with E-state index in [-0.39, 0.29) is 23.8 Å². The number of hydrogen-bond acceptors (Lipinski definition) is 4. The highest BCUT2D eigenvalue weighted by Crippen LogP contribution is 2.14. The zero-order valence-corrected chi connectivity index (χ0v) is 11.7. The van der Waals surface area contributed by atoms with Crippen molar-refractivity contribution in [2.45, 2.75) is 63.5 Å². The highest BCUT2D eigenvalue weighted by molar-refractivity contribution is 5.75. The molecular formula is C12H28N2O6. The highest BCUT2D eigenvalue weighted by atomic mass is 16.4. The van der Waals surface area contributed by atoms with Crippen LogP contribution in [0.5, 0.6) is 0 Å². The molecule has 0 aliphatic heterocycles. The predicted molar refractivity (Wildman–Crippen MR) is 75.4 cm³/mol. The lowest BCUT2D eigenvalue weighted by Crippen LogP contribution is -2.27.